The van der Waals surface area contributed by atoms with E-state index in [9.17, 15) is 0 Å². The van der Waals surface area contributed by atoms with Gasteiger partial charge in [0.1, 0.15) is 5.75 Å². The Kier molecular flexibility index (Phi) is 3.51. The molecule has 3 nitrogen and oxygen atoms in total. The van der Waals surface area contributed by atoms with Gasteiger partial charge in [-0.15, -0.1) is 0 Å². The number of halogens is 1. The molecular formula is C12H13BrN2O. The third kappa shape index (κ3) is 2.58. The van der Waals surface area contributed by atoms with E-state index >= 15 is 0 Å². The van der Waals surface area contributed by atoms with Crippen molar-refractivity contribution < 1.29 is 4.74 Å². The summed E-state index contributed by atoms with van der Waals surface area (Å²) in [6, 6.07) is 9.93. The standard InChI is InChI=1S/C12H13BrN2O/c1-16-12-5-4-11(13)8-10(12)9-14-15-6-2-3-7-15/h2-8,14H,9H2,1H3. The third-order valence-corrected chi connectivity index (χ3v) is 2.79. The molecule has 2 rings (SSSR count). The van der Waals surface area contributed by atoms with E-state index in [0.717, 1.165) is 22.3 Å². The van der Waals surface area contributed by atoms with Crippen LogP contribution in [0.25, 0.3) is 0 Å². The SMILES string of the molecule is COc1ccc(Br)cc1CNn1cccc1. The molecule has 0 saturated heterocycles. The molecule has 2 aromatic rings. The smallest absolute Gasteiger partial charge is 0.123 e. The second-order valence-electron chi connectivity index (χ2n) is 3.38. The van der Waals surface area contributed by atoms with E-state index in [1.807, 2.05) is 41.3 Å². The fourth-order valence-corrected chi connectivity index (χ4v) is 1.91. The maximum absolute atomic E-state index is 5.30. The van der Waals surface area contributed by atoms with Gasteiger partial charge in [-0.25, -0.2) is 0 Å². The largest absolute Gasteiger partial charge is 0.496 e. The molecule has 0 radical (unpaired) electrons. The van der Waals surface area contributed by atoms with Gasteiger partial charge in [0.25, 0.3) is 0 Å². The lowest BCUT2D eigenvalue weighted by atomic mass is 10.2. The normalized spacial score (nSPS) is 10.1. The molecule has 0 aliphatic carbocycles. The number of aromatic nitrogens is 1. The highest BCUT2D eigenvalue weighted by Gasteiger charge is 2.02. The number of nitrogens with zero attached hydrogens (tertiary/aromatic N) is 1. The highest BCUT2D eigenvalue weighted by molar-refractivity contribution is 9.10. The average Bonchev–Trinajstić information content (AvgIpc) is 2.79. The molecule has 0 unspecified atom stereocenters. The zero-order valence-electron chi connectivity index (χ0n) is 8.98. The number of nitrogens with one attached hydrogen (secondary N) is 1. The first kappa shape index (κ1) is 11.1. The van der Waals surface area contributed by atoms with Crippen LogP contribution in [0, 0.1) is 0 Å². The van der Waals surface area contributed by atoms with Gasteiger partial charge in [0, 0.05) is 22.4 Å². The van der Waals surface area contributed by atoms with Crippen LogP contribution in [0.3, 0.4) is 0 Å². The van der Waals surface area contributed by atoms with E-state index in [-0.39, 0.29) is 0 Å². The molecule has 0 atom stereocenters. The van der Waals surface area contributed by atoms with Gasteiger partial charge in [-0.05, 0) is 30.3 Å². The predicted molar refractivity (Wildman–Crippen MR) is 68.2 cm³/mol. The summed E-state index contributed by atoms with van der Waals surface area (Å²) in [5.41, 5.74) is 4.37. The molecule has 84 valence electrons. The molecule has 1 aromatic heterocycles. The summed E-state index contributed by atoms with van der Waals surface area (Å²) in [5, 5.41) is 0. The average molecular weight is 281 g/mol. The van der Waals surface area contributed by atoms with Crippen molar-refractivity contribution in [3.05, 3.63) is 52.8 Å². The van der Waals surface area contributed by atoms with Crippen LogP contribution in [0.15, 0.2) is 47.2 Å². The monoisotopic (exact) mass is 280 g/mol. The van der Waals surface area contributed by atoms with Gasteiger partial charge >= 0.3 is 0 Å². The Morgan fingerprint density at radius 2 is 2.06 bits per heavy atom. The van der Waals surface area contributed by atoms with E-state index in [2.05, 4.69) is 27.4 Å². The van der Waals surface area contributed by atoms with E-state index in [1.165, 1.54) is 0 Å². The van der Waals surface area contributed by atoms with E-state index in [0.29, 0.717) is 0 Å². The third-order valence-electron chi connectivity index (χ3n) is 2.30. The van der Waals surface area contributed by atoms with E-state index < -0.39 is 0 Å². The first-order chi connectivity index (χ1) is 7.79. The lowest BCUT2D eigenvalue weighted by Crippen LogP contribution is -2.12. The Labute approximate surface area is 103 Å². The number of hydrogen-bond donors (Lipinski definition) is 1. The van der Waals surface area contributed by atoms with Crippen molar-refractivity contribution in [2.45, 2.75) is 6.54 Å². The molecule has 0 fully saturated rings. The molecular weight excluding hydrogens is 268 g/mol. The summed E-state index contributed by atoms with van der Waals surface area (Å²) < 4.78 is 8.27. The molecule has 0 spiro atoms. The second kappa shape index (κ2) is 5.07. The Bertz CT molecular complexity index is 454. The Hall–Kier alpha value is -1.42. The van der Waals surface area contributed by atoms with Crippen molar-refractivity contribution in [3.63, 3.8) is 0 Å². The van der Waals surface area contributed by atoms with Gasteiger partial charge in [-0.1, -0.05) is 15.9 Å². The zero-order chi connectivity index (χ0) is 11.4. The van der Waals surface area contributed by atoms with Crippen molar-refractivity contribution in [2.75, 3.05) is 12.5 Å². The van der Waals surface area contributed by atoms with Crippen LogP contribution in [0.4, 0.5) is 0 Å². The Morgan fingerprint density at radius 3 is 2.75 bits per heavy atom. The predicted octanol–water partition coefficient (Wildman–Crippen LogP) is 3.00. The molecule has 1 aromatic carbocycles. The summed E-state index contributed by atoms with van der Waals surface area (Å²) in [6.45, 7) is 0.720. The highest BCUT2D eigenvalue weighted by Crippen LogP contribution is 2.22. The summed E-state index contributed by atoms with van der Waals surface area (Å²) >= 11 is 3.45. The maximum atomic E-state index is 5.30. The first-order valence-corrected chi connectivity index (χ1v) is 5.78. The zero-order valence-corrected chi connectivity index (χ0v) is 10.6. The van der Waals surface area contributed by atoms with Crippen LogP contribution >= 0.6 is 15.9 Å². The minimum absolute atomic E-state index is 0.720. The molecule has 0 amide bonds. The van der Waals surface area contributed by atoms with Gasteiger partial charge in [0.15, 0.2) is 0 Å². The van der Waals surface area contributed by atoms with E-state index in [1.54, 1.807) is 7.11 Å². The molecule has 0 bridgehead atoms. The van der Waals surface area contributed by atoms with Gasteiger partial charge < -0.3 is 10.2 Å². The minimum atomic E-state index is 0.720. The molecule has 4 heteroatoms. The molecule has 0 saturated carbocycles. The number of methoxy groups -OCH3 is 1. The van der Waals surface area contributed by atoms with Gasteiger partial charge in [-0.3, -0.25) is 4.68 Å². The summed E-state index contributed by atoms with van der Waals surface area (Å²) in [7, 11) is 1.68. The van der Waals surface area contributed by atoms with Crippen molar-refractivity contribution in [1.82, 2.24) is 4.68 Å². The van der Waals surface area contributed by atoms with Gasteiger partial charge in [0.05, 0.1) is 13.7 Å². The fraction of sp³-hybridized carbons (Fsp3) is 0.167. The van der Waals surface area contributed by atoms with Crippen LogP contribution in [-0.2, 0) is 6.54 Å². The molecule has 1 heterocycles. The fourth-order valence-electron chi connectivity index (χ4n) is 1.50. The van der Waals surface area contributed by atoms with Crippen LogP contribution in [0.5, 0.6) is 5.75 Å². The molecule has 1 N–H and O–H groups in total. The lowest BCUT2D eigenvalue weighted by molar-refractivity contribution is 0.409. The van der Waals surface area contributed by atoms with Crippen molar-refractivity contribution in [1.29, 1.82) is 0 Å². The molecule has 16 heavy (non-hydrogen) atoms. The molecule has 0 aliphatic rings. The number of benzene rings is 1. The topological polar surface area (TPSA) is 26.2 Å². The van der Waals surface area contributed by atoms with Crippen LogP contribution < -0.4 is 10.2 Å². The second-order valence-corrected chi connectivity index (χ2v) is 4.30. The number of hydrogen-bond acceptors (Lipinski definition) is 2. The quantitative estimate of drug-likeness (QED) is 0.932. The van der Waals surface area contributed by atoms with E-state index in [4.69, 9.17) is 4.74 Å². The molecule has 0 aliphatic heterocycles. The van der Waals surface area contributed by atoms with Crippen LogP contribution in [-0.4, -0.2) is 11.8 Å². The summed E-state index contributed by atoms with van der Waals surface area (Å²) in [4.78, 5) is 0. The lowest BCUT2D eigenvalue weighted by Gasteiger charge is -2.11. The van der Waals surface area contributed by atoms with Crippen LogP contribution in [0.2, 0.25) is 0 Å². The Balaban J connectivity index is 2.11. The number of rotatable bonds is 4. The van der Waals surface area contributed by atoms with Crippen molar-refractivity contribution in [2.24, 2.45) is 0 Å². The minimum Gasteiger partial charge on any atom is -0.496 e. The van der Waals surface area contributed by atoms with Gasteiger partial charge in [-0.2, -0.15) is 0 Å². The summed E-state index contributed by atoms with van der Waals surface area (Å²) in [6.07, 6.45) is 3.93. The Morgan fingerprint density at radius 1 is 1.31 bits per heavy atom. The van der Waals surface area contributed by atoms with Gasteiger partial charge in [0.2, 0.25) is 0 Å². The summed E-state index contributed by atoms with van der Waals surface area (Å²) in [5.74, 6) is 0.892. The van der Waals surface area contributed by atoms with Crippen molar-refractivity contribution in [3.8, 4) is 5.75 Å². The number of ether oxygens (including phenoxy) is 1. The van der Waals surface area contributed by atoms with Crippen molar-refractivity contribution >= 4 is 15.9 Å². The first-order valence-electron chi connectivity index (χ1n) is 4.99. The highest BCUT2D eigenvalue weighted by atomic mass is 79.9. The van der Waals surface area contributed by atoms with Crippen LogP contribution in [0.1, 0.15) is 5.56 Å². The maximum Gasteiger partial charge on any atom is 0.123 e.